The SMILES string of the molecule is CC(=O)N1CCCN(c2cc3c(c(-c4ccccc4C)n2)C(=O)N(Cc2cc(C(F)(F)F)cc(C(F)(F)F)c2)CCCO3)CC1. The Kier molecular flexibility index (Phi) is 8.99. The molecular formula is C32H32F6N4O3. The van der Waals surface area contributed by atoms with Crippen LogP contribution >= 0.6 is 0 Å². The molecule has 0 saturated carbocycles. The van der Waals surface area contributed by atoms with Crippen LogP contribution in [0.3, 0.4) is 0 Å². The smallest absolute Gasteiger partial charge is 0.416 e. The van der Waals surface area contributed by atoms with Crippen molar-refractivity contribution in [2.24, 2.45) is 0 Å². The van der Waals surface area contributed by atoms with Crippen molar-refractivity contribution in [3.05, 3.63) is 76.3 Å². The van der Waals surface area contributed by atoms with E-state index in [9.17, 15) is 35.9 Å². The van der Waals surface area contributed by atoms with Crippen LogP contribution in [0.4, 0.5) is 32.2 Å². The summed E-state index contributed by atoms with van der Waals surface area (Å²) in [6, 6.07) is 10.3. The minimum atomic E-state index is -5.01. The minimum absolute atomic E-state index is 0.0271. The summed E-state index contributed by atoms with van der Waals surface area (Å²) in [6.07, 6.45) is -9.03. The molecule has 0 atom stereocenters. The van der Waals surface area contributed by atoms with E-state index in [2.05, 4.69) is 0 Å². The number of hydrogen-bond acceptors (Lipinski definition) is 5. The molecule has 3 heterocycles. The van der Waals surface area contributed by atoms with E-state index in [0.29, 0.717) is 68.2 Å². The predicted octanol–water partition coefficient (Wildman–Crippen LogP) is 6.58. The van der Waals surface area contributed by atoms with E-state index < -0.39 is 35.9 Å². The molecule has 2 aromatic carbocycles. The van der Waals surface area contributed by atoms with Gasteiger partial charge in [0.2, 0.25) is 5.91 Å². The fourth-order valence-corrected chi connectivity index (χ4v) is 5.67. The number of carbonyl (C=O) groups is 2. The van der Waals surface area contributed by atoms with Crippen molar-refractivity contribution in [3.8, 4) is 17.0 Å². The summed E-state index contributed by atoms with van der Waals surface area (Å²) in [5.41, 5.74) is -1.37. The molecule has 2 aliphatic heterocycles. The highest BCUT2D eigenvalue weighted by atomic mass is 19.4. The molecule has 0 aliphatic carbocycles. The first-order valence-electron chi connectivity index (χ1n) is 14.5. The molecule has 0 bridgehead atoms. The number of aromatic nitrogens is 1. The Labute approximate surface area is 256 Å². The number of nitrogens with zero attached hydrogens (tertiary/aromatic N) is 4. The quantitative estimate of drug-likeness (QED) is 0.304. The molecule has 5 rings (SSSR count). The number of alkyl halides is 6. The summed E-state index contributed by atoms with van der Waals surface area (Å²) in [4.78, 5) is 36.1. The van der Waals surface area contributed by atoms with Crippen molar-refractivity contribution >= 4 is 17.6 Å². The number of ether oxygens (including phenoxy) is 1. The van der Waals surface area contributed by atoms with Gasteiger partial charge in [0.25, 0.3) is 5.91 Å². The number of hydrogen-bond donors (Lipinski definition) is 0. The highest BCUT2D eigenvalue weighted by molar-refractivity contribution is 6.03. The van der Waals surface area contributed by atoms with Crippen molar-refractivity contribution in [1.82, 2.24) is 14.8 Å². The largest absolute Gasteiger partial charge is 0.492 e. The number of amides is 2. The monoisotopic (exact) mass is 634 g/mol. The first-order chi connectivity index (χ1) is 21.2. The van der Waals surface area contributed by atoms with Crippen LogP contribution in [0.2, 0.25) is 0 Å². The molecule has 1 saturated heterocycles. The van der Waals surface area contributed by atoms with E-state index in [1.807, 2.05) is 24.0 Å². The summed E-state index contributed by atoms with van der Waals surface area (Å²) < 4.78 is 87.5. The average molecular weight is 635 g/mol. The van der Waals surface area contributed by atoms with Gasteiger partial charge in [0.15, 0.2) is 0 Å². The number of benzene rings is 2. The molecule has 0 N–H and O–H groups in total. The van der Waals surface area contributed by atoms with Crippen molar-refractivity contribution in [1.29, 1.82) is 0 Å². The molecular weight excluding hydrogens is 602 g/mol. The summed E-state index contributed by atoms with van der Waals surface area (Å²) in [5.74, 6) is 0.109. The maximum Gasteiger partial charge on any atom is 0.416 e. The van der Waals surface area contributed by atoms with Gasteiger partial charge in [-0.3, -0.25) is 9.59 Å². The normalized spacial score (nSPS) is 16.4. The molecule has 1 fully saturated rings. The van der Waals surface area contributed by atoms with Gasteiger partial charge in [0.05, 0.1) is 23.4 Å². The van der Waals surface area contributed by atoms with Crippen LogP contribution in [0.15, 0.2) is 48.5 Å². The second-order valence-corrected chi connectivity index (χ2v) is 11.2. The van der Waals surface area contributed by atoms with Crippen LogP contribution in [-0.2, 0) is 23.7 Å². The van der Waals surface area contributed by atoms with Crippen molar-refractivity contribution in [3.63, 3.8) is 0 Å². The van der Waals surface area contributed by atoms with Gasteiger partial charge in [0.1, 0.15) is 17.1 Å². The second kappa shape index (κ2) is 12.6. The van der Waals surface area contributed by atoms with Crippen LogP contribution < -0.4 is 9.64 Å². The first-order valence-corrected chi connectivity index (χ1v) is 14.5. The lowest BCUT2D eigenvalue weighted by molar-refractivity contribution is -0.143. The second-order valence-electron chi connectivity index (χ2n) is 11.2. The van der Waals surface area contributed by atoms with E-state index >= 15 is 0 Å². The van der Waals surface area contributed by atoms with Gasteiger partial charge in [-0.1, -0.05) is 24.3 Å². The number of pyridine rings is 1. The maximum atomic E-state index is 14.2. The zero-order valence-electron chi connectivity index (χ0n) is 24.8. The van der Waals surface area contributed by atoms with Crippen LogP contribution in [0.5, 0.6) is 5.75 Å². The molecule has 0 unspecified atom stereocenters. The highest BCUT2D eigenvalue weighted by Gasteiger charge is 2.37. The van der Waals surface area contributed by atoms with Crippen LogP contribution in [0.25, 0.3) is 11.3 Å². The minimum Gasteiger partial charge on any atom is -0.492 e. The van der Waals surface area contributed by atoms with Crippen LogP contribution in [-0.4, -0.2) is 65.9 Å². The van der Waals surface area contributed by atoms with Gasteiger partial charge in [-0.05, 0) is 49.1 Å². The topological polar surface area (TPSA) is 66.0 Å². The molecule has 45 heavy (non-hydrogen) atoms. The van der Waals surface area contributed by atoms with Gasteiger partial charge >= 0.3 is 12.4 Å². The number of anilines is 1. The fraction of sp³-hybridized carbons (Fsp3) is 0.406. The van der Waals surface area contributed by atoms with Gasteiger partial charge in [0, 0.05) is 57.8 Å². The summed E-state index contributed by atoms with van der Waals surface area (Å²) in [5, 5.41) is 0. The lowest BCUT2D eigenvalue weighted by Gasteiger charge is -2.30. The van der Waals surface area contributed by atoms with E-state index in [1.54, 1.807) is 23.1 Å². The average Bonchev–Trinajstić information content (AvgIpc) is 3.23. The van der Waals surface area contributed by atoms with Gasteiger partial charge in [-0.2, -0.15) is 26.3 Å². The Balaban J connectivity index is 1.59. The third-order valence-corrected chi connectivity index (χ3v) is 7.99. The molecule has 0 radical (unpaired) electrons. The highest BCUT2D eigenvalue weighted by Crippen LogP contribution is 2.39. The standard InChI is InChI=1S/C32H32F6N4O3/c1-20-7-3-4-8-25(20)29-28-26(18-27(39-29)41-10-5-9-40(12-13-41)21(2)43)45-14-6-11-42(30(28)44)19-22-15-23(31(33,34)35)17-24(16-22)32(36,37)38/h3-4,7-8,15-18H,5-6,9-14,19H2,1-2H3. The fourth-order valence-electron chi connectivity index (χ4n) is 5.67. The number of aryl methyl sites for hydroxylation is 1. The number of halogens is 6. The Hall–Kier alpha value is -4.29. The van der Waals surface area contributed by atoms with Gasteiger partial charge < -0.3 is 19.4 Å². The molecule has 0 spiro atoms. The van der Waals surface area contributed by atoms with E-state index in [4.69, 9.17) is 9.72 Å². The maximum absolute atomic E-state index is 14.2. The Morgan fingerprint density at radius 1 is 0.889 bits per heavy atom. The number of fused-ring (bicyclic) bond motifs is 1. The third kappa shape index (κ3) is 7.18. The molecule has 240 valence electrons. The Morgan fingerprint density at radius 2 is 1.58 bits per heavy atom. The van der Waals surface area contributed by atoms with Gasteiger partial charge in [-0.25, -0.2) is 4.98 Å². The molecule has 7 nitrogen and oxygen atoms in total. The number of carbonyl (C=O) groups excluding carboxylic acids is 2. The Morgan fingerprint density at radius 3 is 2.22 bits per heavy atom. The Bertz CT molecular complexity index is 1560. The molecule has 13 heteroatoms. The van der Waals surface area contributed by atoms with Crippen molar-refractivity contribution < 1.29 is 40.7 Å². The van der Waals surface area contributed by atoms with E-state index in [-0.39, 0.29) is 42.0 Å². The molecule has 2 aliphatic rings. The lowest BCUT2D eigenvalue weighted by atomic mass is 9.98. The van der Waals surface area contributed by atoms with Crippen molar-refractivity contribution in [2.75, 3.05) is 44.2 Å². The van der Waals surface area contributed by atoms with Crippen LogP contribution in [0.1, 0.15) is 52.4 Å². The molecule has 1 aromatic heterocycles. The summed E-state index contributed by atoms with van der Waals surface area (Å²) in [7, 11) is 0. The zero-order chi connectivity index (χ0) is 32.5. The van der Waals surface area contributed by atoms with E-state index in [0.717, 1.165) is 5.56 Å². The summed E-state index contributed by atoms with van der Waals surface area (Å²) in [6.45, 7) is 5.25. The lowest BCUT2D eigenvalue weighted by Crippen LogP contribution is -2.36. The zero-order valence-corrected chi connectivity index (χ0v) is 24.8. The third-order valence-electron chi connectivity index (χ3n) is 7.99. The van der Waals surface area contributed by atoms with Gasteiger partial charge in [-0.15, -0.1) is 0 Å². The van der Waals surface area contributed by atoms with Crippen LogP contribution in [0, 0.1) is 6.92 Å². The van der Waals surface area contributed by atoms with E-state index in [1.165, 1.54) is 11.8 Å². The predicted molar refractivity (Wildman–Crippen MR) is 155 cm³/mol. The number of rotatable bonds is 4. The summed E-state index contributed by atoms with van der Waals surface area (Å²) >= 11 is 0. The molecule has 2 amide bonds. The van der Waals surface area contributed by atoms with Crippen molar-refractivity contribution in [2.45, 2.75) is 45.6 Å². The molecule has 3 aromatic rings. The first kappa shape index (κ1) is 32.1.